The Bertz CT molecular complexity index is 253. The van der Waals surface area contributed by atoms with Gasteiger partial charge in [0, 0.05) is 7.11 Å². The van der Waals surface area contributed by atoms with Gasteiger partial charge >= 0.3 is 7.60 Å². The van der Waals surface area contributed by atoms with Crippen LogP contribution in [0.2, 0.25) is 0 Å². The van der Waals surface area contributed by atoms with Crippen LogP contribution >= 0.6 is 7.60 Å². The van der Waals surface area contributed by atoms with E-state index in [4.69, 9.17) is 13.8 Å². The molecule has 0 amide bonds. The zero-order valence-corrected chi connectivity index (χ0v) is 11.8. The molecular weight excluding hydrogens is 227 g/mol. The van der Waals surface area contributed by atoms with E-state index in [2.05, 4.69) is 6.58 Å². The fraction of sp³-hybridized carbons (Fsp3) is 0.818. The van der Waals surface area contributed by atoms with Crippen molar-refractivity contribution in [3.05, 3.63) is 11.9 Å². The van der Waals surface area contributed by atoms with Gasteiger partial charge in [-0.05, 0) is 19.8 Å². The van der Waals surface area contributed by atoms with Gasteiger partial charge in [0.1, 0.15) is 0 Å². The summed E-state index contributed by atoms with van der Waals surface area (Å²) < 4.78 is 28.1. The zero-order valence-electron chi connectivity index (χ0n) is 10.9. The van der Waals surface area contributed by atoms with Crippen LogP contribution in [0.4, 0.5) is 0 Å². The Morgan fingerprint density at radius 1 is 1.25 bits per heavy atom. The zero-order chi connectivity index (χ0) is 12.8. The molecule has 0 aliphatic carbocycles. The molecule has 0 rings (SSSR count). The van der Waals surface area contributed by atoms with Gasteiger partial charge in [-0.1, -0.05) is 20.4 Å². The molecule has 0 aromatic rings. The molecule has 0 saturated heterocycles. The van der Waals surface area contributed by atoms with Gasteiger partial charge in [-0.15, -0.1) is 0 Å². The lowest BCUT2D eigenvalue weighted by Crippen LogP contribution is -2.21. The molecule has 0 aromatic heterocycles. The van der Waals surface area contributed by atoms with Crippen molar-refractivity contribution in [2.45, 2.75) is 33.8 Å². The van der Waals surface area contributed by atoms with E-state index in [1.54, 1.807) is 21.0 Å². The van der Waals surface area contributed by atoms with Gasteiger partial charge in [0.05, 0.1) is 24.6 Å². The van der Waals surface area contributed by atoms with Gasteiger partial charge in [-0.25, -0.2) is 0 Å². The predicted molar refractivity (Wildman–Crippen MR) is 65.6 cm³/mol. The van der Waals surface area contributed by atoms with Crippen molar-refractivity contribution in [3.8, 4) is 0 Å². The summed E-state index contributed by atoms with van der Waals surface area (Å²) in [5, 5.41) is 0.397. The lowest BCUT2D eigenvalue weighted by Gasteiger charge is -2.27. The Kier molecular flexibility index (Phi) is 7.16. The molecule has 0 heterocycles. The van der Waals surface area contributed by atoms with Crippen LogP contribution in [0, 0.1) is 5.92 Å². The van der Waals surface area contributed by atoms with Gasteiger partial charge in [0.25, 0.3) is 0 Å². The van der Waals surface area contributed by atoms with E-state index in [9.17, 15) is 4.57 Å². The van der Waals surface area contributed by atoms with Crippen molar-refractivity contribution >= 4 is 7.60 Å². The first kappa shape index (κ1) is 15.9. The van der Waals surface area contributed by atoms with E-state index >= 15 is 0 Å². The summed E-state index contributed by atoms with van der Waals surface area (Å²) in [7, 11) is -1.69. The fourth-order valence-electron chi connectivity index (χ4n) is 1.49. The normalized spacial score (nSPS) is 14.1. The van der Waals surface area contributed by atoms with Gasteiger partial charge in [-0.3, -0.25) is 4.57 Å². The molecule has 96 valence electrons. The summed E-state index contributed by atoms with van der Waals surface area (Å²) in [5.74, 6) is 0.173. The lowest BCUT2D eigenvalue weighted by molar-refractivity contribution is 0.0940. The molecule has 5 heteroatoms. The van der Waals surface area contributed by atoms with Gasteiger partial charge in [-0.2, -0.15) is 0 Å². The van der Waals surface area contributed by atoms with Crippen molar-refractivity contribution in [2.24, 2.45) is 5.92 Å². The molecule has 0 fully saturated rings. The maximum absolute atomic E-state index is 12.4. The minimum absolute atomic E-state index is 0.173. The fourth-order valence-corrected chi connectivity index (χ4v) is 3.29. The van der Waals surface area contributed by atoms with E-state index in [0.717, 1.165) is 0 Å². The topological polar surface area (TPSA) is 44.8 Å². The summed E-state index contributed by atoms with van der Waals surface area (Å²) in [4.78, 5) is 0. The first-order chi connectivity index (χ1) is 7.42. The summed E-state index contributed by atoms with van der Waals surface area (Å²) in [6, 6.07) is 0. The van der Waals surface area contributed by atoms with Crippen molar-refractivity contribution in [1.82, 2.24) is 0 Å². The molecule has 16 heavy (non-hydrogen) atoms. The summed E-state index contributed by atoms with van der Waals surface area (Å²) in [6.07, 6.45) is -0.316. The molecule has 0 aliphatic heterocycles. The van der Waals surface area contributed by atoms with Crippen LogP contribution in [0.5, 0.6) is 0 Å². The summed E-state index contributed by atoms with van der Waals surface area (Å²) in [5.41, 5.74) is 0. The average molecular weight is 250 g/mol. The first-order valence-corrected chi connectivity index (χ1v) is 7.08. The third kappa shape index (κ3) is 4.02. The van der Waals surface area contributed by atoms with Crippen LogP contribution in [0.1, 0.15) is 27.7 Å². The van der Waals surface area contributed by atoms with Crippen molar-refractivity contribution in [1.29, 1.82) is 0 Å². The second-order valence-corrected chi connectivity index (χ2v) is 5.81. The Morgan fingerprint density at radius 2 is 1.69 bits per heavy atom. The van der Waals surface area contributed by atoms with Gasteiger partial charge < -0.3 is 13.8 Å². The maximum Gasteiger partial charge on any atom is 0.359 e. The Labute approximate surface area is 98.5 Å². The van der Waals surface area contributed by atoms with Gasteiger partial charge in [0.15, 0.2) is 0 Å². The minimum Gasteiger partial charge on any atom is -0.376 e. The van der Waals surface area contributed by atoms with Crippen LogP contribution < -0.4 is 0 Å². The molecule has 0 aliphatic rings. The highest BCUT2D eigenvalue weighted by Crippen LogP contribution is 2.57. The molecule has 0 bridgehead atoms. The number of hydrogen-bond acceptors (Lipinski definition) is 4. The largest absolute Gasteiger partial charge is 0.376 e. The molecule has 0 spiro atoms. The van der Waals surface area contributed by atoms with Crippen LogP contribution in [-0.4, -0.2) is 26.4 Å². The number of methoxy groups -OCH3 is 1. The standard InChI is InChI=1S/C11H23O4P/c1-7-14-16(12,15-8-2)10(5)11(13-6)9(3)4/h9,11H,5,7-8H2,1-4,6H3. The first-order valence-electron chi connectivity index (χ1n) is 5.54. The Balaban J connectivity index is 4.92. The highest BCUT2D eigenvalue weighted by Gasteiger charge is 2.34. The summed E-state index contributed by atoms with van der Waals surface area (Å²) >= 11 is 0. The lowest BCUT2D eigenvalue weighted by atomic mass is 10.1. The van der Waals surface area contributed by atoms with Crippen LogP contribution in [0.3, 0.4) is 0 Å². The van der Waals surface area contributed by atoms with E-state index in [1.807, 2.05) is 13.8 Å². The average Bonchev–Trinajstić information content (AvgIpc) is 2.18. The second-order valence-electron chi connectivity index (χ2n) is 3.72. The summed E-state index contributed by atoms with van der Waals surface area (Å²) in [6.45, 7) is 12.0. The molecule has 0 N–H and O–H groups in total. The smallest absolute Gasteiger partial charge is 0.359 e. The number of rotatable bonds is 8. The van der Waals surface area contributed by atoms with Crippen molar-refractivity contribution in [2.75, 3.05) is 20.3 Å². The molecule has 1 unspecified atom stereocenters. The molecule has 4 nitrogen and oxygen atoms in total. The van der Waals surface area contributed by atoms with E-state index < -0.39 is 7.60 Å². The molecule has 0 radical (unpaired) electrons. The molecular formula is C11H23O4P. The van der Waals surface area contributed by atoms with Crippen LogP contribution in [0.15, 0.2) is 11.9 Å². The van der Waals surface area contributed by atoms with E-state index in [-0.39, 0.29) is 12.0 Å². The maximum atomic E-state index is 12.4. The SMILES string of the molecule is C=C(C(OC)C(C)C)P(=O)(OCC)OCC. The van der Waals surface area contributed by atoms with Crippen LogP contribution in [0.25, 0.3) is 0 Å². The predicted octanol–water partition coefficient (Wildman–Crippen LogP) is 3.44. The number of hydrogen-bond donors (Lipinski definition) is 0. The number of ether oxygens (including phenoxy) is 1. The Hall–Kier alpha value is -0.150. The van der Waals surface area contributed by atoms with Gasteiger partial charge in [0.2, 0.25) is 0 Å². The minimum atomic E-state index is -3.26. The van der Waals surface area contributed by atoms with E-state index in [1.165, 1.54) is 0 Å². The second kappa shape index (κ2) is 7.23. The highest BCUT2D eigenvalue weighted by atomic mass is 31.2. The molecule has 1 atom stereocenters. The quantitative estimate of drug-likeness (QED) is 0.619. The van der Waals surface area contributed by atoms with Crippen molar-refractivity contribution in [3.63, 3.8) is 0 Å². The third-order valence-electron chi connectivity index (χ3n) is 2.14. The van der Waals surface area contributed by atoms with Crippen LogP contribution in [-0.2, 0) is 18.3 Å². The monoisotopic (exact) mass is 250 g/mol. The van der Waals surface area contributed by atoms with Crippen molar-refractivity contribution < 1.29 is 18.3 Å². The highest BCUT2D eigenvalue weighted by molar-refractivity contribution is 7.58. The van der Waals surface area contributed by atoms with E-state index in [0.29, 0.717) is 18.5 Å². The third-order valence-corrected chi connectivity index (χ3v) is 4.29. The molecule has 0 saturated carbocycles. The molecule has 0 aromatic carbocycles. The Morgan fingerprint density at radius 3 is 1.94 bits per heavy atom.